The molecule has 98 valence electrons. The third-order valence-electron chi connectivity index (χ3n) is 4.32. The van der Waals surface area contributed by atoms with Crippen LogP contribution in [0.3, 0.4) is 0 Å². The summed E-state index contributed by atoms with van der Waals surface area (Å²) in [7, 11) is 2.13. The first-order valence-electron chi connectivity index (χ1n) is 7.25. The second kappa shape index (κ2) is 7.07. The normalized spacial score (nSPS) is 20.4. The molecule has 0 radical (unpaired) electrons. The summed E-state index contributed by atoms with van der Waals surface area (Å²) in [5.41, 5.74) is 0.553. The van der Waals surface area contributed by atoms with Crippen LogP contribution in [0.4, 0.5) is 0 Å². The fourth-order valence-electron chi connectivity index (χ4n) is 3.75. The first kappa shape index (κ1) is 14.6. The summed E-state index contributed by atoms with van der Waals surface area (Å²) in [5.74, 6) is 3.57. The van der Waals surface area contributed by atoms with Gasteiger partial charge in [0.15, 0.2) is 0 Å². The Bertz CT molecular complexity index is 243. The monoisotopic (exact) mass is 235 g/mol. The van der Waals surface area contributed by atoms with Crippen molar-refractivity contribution in [1.82, 2.24) is 5.32 Å². The van der Waals surface area contributed by atoms with Crippen LogP contribution in [0.2, 0.25) is 0 Å². The highest BCUT2D eigenvalue weighted by molar-refractivity contribution is 4.95. The van der Waals surface area contributed by atoms with Crippen molar-refractivity contribution in [2.24, 2.45) is 11.3 Å². The van der Waals surface area contributed by atoms with Gasteiger partial charge in [-0.25, -0.2) is 0 Å². The molecule has 0 aromatic heterocycles. The zero-order valence-electron chi connectivity index (χ0n) is 11.9. The number of nitrogens with one attached hydrogen (secondary N) is 1. The van der Waals surface area contributed by atoms with Crippen molar-refractivity contribution in [2.75, 3.05) is 7.05 Å². The van der Waals surface area contributed by atoms with Crippen LogP contribution in [0.5, 0.6) is 0 Å². The number of unbranched alkanes of at least 4 members (excludes halogenated alkanes) is 1. The van der Waals surface area contributed by atoms with Crippen LogP contribution < -0.4 is 5.32 Å². The van der Waals surface area contributed by atoms with Gasteiger partial charge in [0.25, 0.3) is 0 Å². The third kappa shape index (κ3) is 4.03. The molecular weight excluding hydrogens is 206 g/mol. The molecule has 1 heteroatoms. The van der Waals surface area contributed by atoms with Crippen molar-refractivity contribution < 1.29 is 0 Å². The van der Waals surface area contributed by atoms with Crippen molar-refractivity contribution in [2.45, 2.75) is 71.3 Å². The topological polar surface area (TPSA) is 12.0 Å². The Hall–Kier alpha value is -0.480. The predicted molar refractivity (Wildman–Crippen MR) is 75.9 cm³/mol. The van der Waals surface area contributed by atoms with Crippen LogP contribution >= 0.6 is 0 Å². The zero-order valence-corrected chi connectivity index (χ0v) is 11.9. The standard InChI is InChI=1S/C16H29N/c1-5-6-7-10-15(17-4)16(13-14(2)3)11-8-9-12-16/h1,14-15,17H,6-13H2,2-4H3. The molecule has 1 unspecified atom stereocenters. The molecule has 0 aromatic carbocycles. The van der Waals surface area contributed by atoms with Gasteiger partial charge in [-0.2, -0.15) is 0 Å². The van der Waals surface area contributed by atoms with Gasteiger partial charge in [0.05, 0.1) is 0 Å². The molecule has 0 heterocycles. The van der Waals surface area contributed by atoms with Gasteiger partial charge in [-0.3, -0.25) is 0 Å². The van der Waals surface area contributed by atoms with Crippen LogP contribution in [-0.4, -0.2) is 13.1 Å². The van der Waals surface area contributed by atoms with Gasteiger partial charge in [-0.1, -0.05) is 26.7 Å². The zero-order chi connectivity index (χ0) is 12.7. The van der Waals surface area contributed by atoms with Crippen LogP contribution in [-0.2, 0) is 0 Å². The van der Waals surface area contributed by atoms with E-state index in [2.05, 4.69) is 32.1 Å². The fourth-order valence-corrected chi connectivity index (χ4v) is 3.75. The summed E-state index contributed by atoms with van der Waals surface area (Å²) in [5, 5.41) is 3.58. The second-order valence-electron chi connectivity index (χ2n) is 6.11. The lowest BCUT2D eigenvalue weighted by Gasteiger charge is -2.39. The third-order valence-corrected chi connectivity index (χ3v) is 4.32. The summed E-state index contributed by atoms with van der Waals surface area (Å²) in [6.07, 6.45) is 15.7. The van der Waals surface area contributed by atoms with E-state index in [9.17, 15) is 0 Å². The molecule has 0 aliphatic heterocycles. The highest BCUT2D eigenvalue weighted by Gasteiger charge is 2.40. The largest absolute Gasteiger partial charge is 0.316 e. The predicted octanol–water partition coefficient (Wildman–Crippen LogP) is 3.98. The van der Waals surface area contributed by atoms with Crippen LogP contribution in [0.25, 0.3) is 0 Å². The van der Waals surface area contributed by atoms with Gasteiger partial charge >= 0.3 is 0 Å². The first-order chi connectivity index (χ1) is 8.14. The Balaban J connectivity index is 2.62. The fraction of sp³-hybridized carbons (Fsp3) is 0.875. The van der Waals surface area contributed by atoms with E-state index in [4.69, 9.17) is 6.42 Å². The molecule has 1 fully saturated rings. The SMILES string of the molecule is C#CCCCC(NC)C1(CC(C)C)CCCC1. The lowest BCUT2D eigenvalue weighted by atomic mass is 9.71. The molecule has 1 atom stereocenters. The molecule has 1 rings (SSSR count). The lowest BCUT2D eigenvalue weighted by molar-refractivity contribution is 0.152. The molecule has 0 aromatic rings. The van der Waals surface area contributed by atoms with Gasteiger partial charge in [0.2, 0.25) is 0 Å². The number of terminal acetylenes is 1. The van der Waals surface area contributed by atoms with Gasteiger partial charge in [0, 0.05) is 12.5 Å². The van der Waals surface area contributed by atoms with Gasteiger partial charge in [-0.15, -0.1) is 12.3 Å². The minimum atomic E-state index is 0.553. The Kier molecular flexibility index (Phi) is 6.06. The van der Waals surface area contributed by atoms with Gasteiger partial charge in [0.1, 0.15) is 0 Å². The van der Waals surface area contributed by atoms with E-state index in [0.29, 0.717) is 11.5 Å². The molecule has 17 heavy (non-hydrogen) atoms. The van der Waals surface area contributed by atoms with E-state index < -0.39 is 0 Å². The summed E-state index contributed by atoms with van der Waals surface area (Å²) in [4.78, 5) is 0. The maximum atomic E-state index is 5.35. The van der Waals surface area contributed by atoms with E-state index in [1.165, 1.54) is 44.9 Å². The highest BCUT2D eigenvalue weighted by atomic mass is 14.9. The van der Waals surface area contributed by atoms with Crippen molar-refractivity contribution in [3.63, 3.8) is 0 Å². The first-order valence-corrected chi connectivity index (χ1v) is 7.25. The smallest absolute Gasteiger partial charge is 0.0121 e. The molecule has 0 amide bonds. The second-order valence-corrected chi connectivity index (χ2v) is 6.11. The lowest BCUT2D eigenvalue weighted by Crippen LogP contribution is -2.43. The van der Waals surface area contributed by atoms with Crippen molar-refractivity contribution in [1.29, 1.82) is 0 Å². The molecule has 1 aliphatic rings. The average Bonchev–Trinajstić information content (AvgIpc) is 2.73. The molecule has 1 N–H and O–H groups in total. The molecule has 0 spiro atoms. The Labute approximate surface area is 108 Å². The number of hydrogen-bond donors (Lipinski definition) is 1. The summed E-state index contributed by atoms with van der Waals surface area (Å²) < 4.78 is 0. The summed E-state index contributed by atoms with van der Waals surface area (Å²) in [6.45, 7) is 4.71. The molecular formula is C16H29N. The van der Waals surface area contributed by atoms with Gasteiger partial charge in [-0.05, 0) is 50.5 Å². The molecule has 1 aliphatic carbocycles. The minimum absolute atomic E-state index is 0.553. The van der Waals surface area contributed by atoms with Crippen molar-refractivity contribution >= 4 is 0 Å². The number of hydrogen-bond acceptors (Lipinski definition) is 1. The van der Waals surface area contributed by atoms with Crippen LogP contribution in [0.15, 0.2) is 0 Å². The van der Waals surface area contributed by atoms with E-state index in [0.717, 1.165) is 12.3 Å². The van der Waals surface area contributed by atoms with Crippen molar-refractivity contribution in [3.8, 4) is 12.3 Å². The van der Waals surface area contributed by atoms with E-state index >= 15 is 0 Å². The van der Waals surface area contributed by atoms with E-state index in [-0.39, 0.29) is 0 Å². The van der Waals surface area contributed by atoms with Crippen LogP contribution in [0, 0.1) is 23.7 Å². The molecule has 1 saturated carbocycles. The van der Waals surface area contributed by atoms with Gasteiger partial charge < -0.3 is 5.32 Å². The minimum Gasteiger partial charge on any atom is -0.316 e. The molecule has 0 saturated heterocycles. The molecule has 1 nitrogen and oxygen atoms in total. The van der Waals surface area contributed by atoms with E-state index in [1.54, 1.807) is 0 Å². The Morgan fingerprint density at radius 3 is 2.41 bits per heavy atom. The summed E-state index contributed by atoms with van der Waals surface area (Å²) >= 11 is 0. The quantitative estimate of drug-likeness (QED) is 0.520. The maximum absolute atomic E-state index is 5.35. The summed E-state index contributed by atoms with van der Waals surface area (Å²) in [6, 6.07) is 0.667. The Morgan fingerprint density at radius 2 is 1.94 bits per heavy atom. The van der Waals surface area contributed by atoms with Crippen molar-refractivity contribution in [3.05, 3.63) is 0 Å². The van der Waals surface area contributed by atoms with E-state index in [1.807, 2.05) is 0 Å². The maximum Gasteiger partial charge on any atom is 0.0121 e. The van der Waals surface area contributed by atoms with Crippen LogP contribution in [0.1, 0.15) is 65.2 Å². The average molecular weight is 235 g/mol. The Morgan fingerprint density at radius 1 is 1.29 bits per heavy atom. The molecule has 0 bridgehead atoms. The number of rotatable bonds is 7. The highest BCUT2D eigenvalue weighted by Crippen LogP contribution is 2.47.